The number of thiazole rings is 1. The second-order valence-electron chi connectivity index (χ2n) is 6.65. The lowest BCUT2D eigenvalue weighted by Crippen LogP contribution is -2.28. The first-order chi connectivity index (χ1) is 10.7. The summed E-state index contributed by atoms with van der Waals surface area (Å²) in [5.41, 5.74) is 3.82. The van der Waals surface area contributed by atoms with E-state index in [1.807, 2.05) is 17.4 Å². The third kappa shape index (κ3) is 2.60. The molecule has 0 aliphatic heterocycles. The van der Waals surface area contributed by atoms with Gasteiger partial charge in [0.05, 0.1) is 17.8 Å². The number of hydrogen-bond donors (Lipinski definition) is 2. The van der Waals surface area contributed by atoms with Crippen LogP contribution in [0, 0.1) is 5.92 Å². The van der Waals surface area contributed by atoms with Crippen molar-refractivity contribution >= 4 is 11.3 Å². The van der Waals surface area contributed by atoms with E-state index in [0.717, 1.165) is 30.3 Å². The monoisotopic (exact) mass is 314 g/mol. The van der Waals surface area contributed by atoms with Crippen LogP contribution in [0.25, 0.3) is 0 Å². The van der Waals surface area contributed by atoms with E-state index in [1.54, 1.807) is 0 Å². The van der Waals surface area contributed by atoms with E-state index in [-0.39, 0.29) is 12.1 Å². The first-order valence-electron chi connectivity index (χ1n) is 8.17. The normalized spacial score (nSPS) is 26.7. The van der Waals surface area contributed by atoms with Crippen molar-refractivity contribution in [2.24, 2.45) is 5.92 Å². The van der Waals surface area contributed by atoms with Crippen LogP contribution in [0.4, 0.5) is 0 Å². The summed E-state index contributed by atoms with van der Waals surface area (Å²) in [7, 11) is 0. The van der Waals surface area contributed by atoms with Crippen LogP contribution >= 0.6 is 11.3 Å². The molecule has 1 heterocycles. The number of fused-ring (bicyclic) bond motifs is 2. The minimum Gasteiger partial charge on any atom is -0.391 e. The van der Waals surface area contributed by atoms with Crippen LogP contribution in [0.3, 0.4) is 0 Å². The maximum absolute atomic E-state index is 10.3. The quantitative estimate of drug-likeness (QED) is 0.915. The van der Waals surface area contributed by atoms with Crippen LogP contribution in [0.1, 0.15) is 46.1 Å². The number of aliphatic hydroxyl groups excluding tert-OH is 1. The SMILES string of the molecule is CC1CCc2nc(CN[C@@H]3c4ccccc4C[C@@H]3O)sc2C1. The molecule has 2 N–H and O–H groups in total. The summed E-state index contributed by atoms with van der Waals surface area (Å²) < 4.78 is 0. The third-order valence-electron chi connectivity index (χ3n) is 4.91. The van der Waals surface area contributed by atoms with Crippen LogP contribution < -0.4 is 5.32 Å². The van der Waals surface area contributed by atoms with Gasteiger partial charge < -0.3 is 10.4 Å². The summed E-state index contributed by atoms with van der Waals surface area (Å²) in [6.45, 7) is 3.08. The van der Waals surface area contributed by atoms with Crippen molar-refractivity contribution in [1.82, 2.24) is 10.3 Å². The topological polar surface area (TPSA) is 45.2 Å². The summed E-state index contributed by atoms with van der Waals surface area (Å²) in [5.74, 6) is 0.789. The lowest BCUT2D eigenvalue weighted by atomic mass is 9.93. The Labute approximate surface area is 135 Å². The van der Waals surface area contributed by atoms with Gasteiger partial charge in [-0.25, -0.2) is 4.98 Å². The van der Waals surface area contributed by atoms with Crippen molar-refractivity contribution in [2.75, 3.05) is 0 Å². The van der Waals surface area contributed by atoms with Gasteiger partial charge in [-0.2, -0.15) is 0 Å². The van der Waals surface area contributed by atoms with E-state index in [4.69, 9.17) is 4.98 Å². The fourth-order valence-electron chi connectivity index (χ4n) is 3.69. The molecule has 0 saturated heterocycles. The first kappa shape index (κ1) is 14.4. The average Bonchev–Trinajstić information content (AvgIpc) is 3.04. The molecule has 4 rings (SSSR count). The highest BCUT2D eigenvalue weighted by Gasteiger charge is 2.30. The zero-order valence-electron chi connectivity index (χ0n) is 12.9. The van der Waals surface area contributed by atoms with Gasteiger partial charge in [-0.15, -0.1) is 11.3 Å². The van der Waals surface area contributed by atoms with E-state index in [2.05, 4.69) is 30.4 Å². The Morgan fingerprint density at radius 1 is 1.32 bits per heavy atom. The Kier molecular flexibility index (Phi) is 3.76. The molecule has 0 radical (unpaired) electrons. The van der Waals surface area contributed by atoms with Gasteiger partial charge in [0.1, 0.15) is 5.01 Å². The van der Waals surface area contributed by atoms with E-state index in [0.29, 0.717) is 0 Å². The number of aliphatic hydroxyl groups is 1. The van der Waals surface area contributed by atoms with E-state index >= 15 is 0 Å². The number of rotatable bonds is 3. The molecular formula is C18H22N2OS. The van der Waals surface area contributed by atoms with E-state index in [9.17, 15) is 5.11 Å². The van der Waals surface area contributed by atoms with Crippen LogP contribution in [-0.2, 0) is 25.8 Å². The van der Waals surface area contributed by atoms with Crippen LogP contribution in [-0.4, -0.2) is 16.2 Å². The maximum atomic E-state index is 10.3. The molecule has 2 aliphatic rings. The van der Waals surface area contributed by atoms with Gasteiger partial charge >= 0.3 is 0 Å². The molecular weight excluding hydrogens is 292 g/mol. The molecule has 1 aromatic heterocycles. The molecule has 0 saturated carbocycles. The maximum Gasteiger partial charge on any atom is 0.107 e. The van der Waals surface area contributed by atoms with E-state index < -0.39 is 0 Å². The Balaban J connectivity index is 1.47. The second kappa shape index (κ2) is 5.76. The molecule has 0 spiro atoms. The van der Waals surface area contributed by atoms with E-state index in [1.165, 1.54) is 34.5 Å². The lowest BCUT2D eigenvalue weighted by Gasteiger charge is -2.17. The summed E-state index contributed by atoms with van der Waals surface area (Å²) in [4.78, 5) is 6.28. The number of hydrogen-bond acceptors (Lipinski definition) is 4. The smallest absolute Gasteiger partial charge is 0.107 e. The second-order valence-corrected chi connectivity index (χ2v) is 7.82. The zero-order chi connectivity index (χ0) is 15.1. The molecule has 1 aromatic carbocycles. The molecule has 2 aliphatic carbocycles. The van der Waals surface area contributed by atoms with Crippen molar-refractivity contribution < 1.29 is 5.11 Å². The molecule has 22 heavy (non-hydrogen) atoms. The minimum atomic E-state index is -0.327. The highest BCUT2D eigenvalue weighted by atomic mass is 32.1. The van der Waals surface area contributed by atoms with Crippen LogP contribution in [0.2, 0.25) is 0 Å². The highest BCUT2D eigenvalue weighted by Crippen LogP contribution is 2.33. The standard InChI is InChI=1S/C18H22N2OS/c1-11-6-7-14-16(8-11)22-17(20-14)10-19-18-13-5-3-2-4-12(13)9-15(18)21/h2-5,11,15,18-19,21H,6-10H2,1H3/t11?,15-,18+/m0/s1. The Hall–Kier alpha value is -1.23. The number of nitrogens with one attached hydrogen (secondary N) is 1. The molecule has 0 amide bonds. The fourth-order valence-corrected chi connectivity index (χ4v) is 4.92. The van der Waals surface area contributed by atoms with Gasteiger partial charge in [0.2, 0.25) is 0 Å². The number of aromatic nitrogens is 1. The van der Waals surface area contributed by atoms with Crippen LogP contribution in [0.5, 0.6) is 0 Å². The van der Waals surface area contributed by atoms with Gasteiger partial charge in [0.15, 0.2) is 0 Å². The van der Waals surface area contributed by atoms with Gasteiger partial charge in [-0.1, -0.05) is 31.2 Å². The number of aryl methyl sites for hydroxylation is 1. The van der Waals surface area contributed by atoms with Crippen molar-refractivity contribution in [3.05, 3.63) is 51.0 Å². The lowest BCUT2D eigenvalue weighted by molar-refractivity contribution is 0.140. The fraction of sp³-hybridized carbons (Fsp3) is 0.500. The van der Waals surface area contributed by atoms with Gasteiger partial charge in [-0.3, -0.25) is 0 Å². The molecule has 4 heteroatoms. The predicted molar refractivity (Wildman–Crippen MR) is 89.0 cm³/mol. The van der Waals surface area contributed by atoms with Crippen LogP contribution in [0.15, 0.2) is 24.3 Å². The van der Waals surface area contributed by atoms with Crippen molar-refractivity contribution in [3.8, 4) is 0 Å². The van der Waals surface area contributed by atoms with Gasteiger partial charge in [0, 0.05) is 17.8 Å². The highest BCUT2D eigenvalue weighted by molar-refractivity contribution is 7.11. The summed E-state index contributed by atoms with van der Waals surface area (Å²) in [6, 6.07) is 8.37. The summed E-state index contributed by atoms with van der Waals surface area (Å²) in [6.07, 6.45) is 3.99. The van der Waals surface area contributed by atoms with Gasteiger partial charge in [0.25, 0.3) is 0 Å². The number of nitrogens with zero attached hydrogens (tertiary/aromatic N) is 1. The first-order valence-corrected chi connectivity index (χ1v) is 8.99. The molecule has 0 fully saturated rings. The Morgan fingerprint density at radius 2 is 2.18 bits per heavy atom. The Bertz CT molecular complexity index is 681. The predicted octanol–water partition coefficient (Wildman–Crippen LogP) is 3.02. The summed E-state index contributed by atoms with van der Waals surface area (Å²) in [5, 5.41) is 15.0. The minimum absolute atomic E-state index is 0.0380. The number of benzene rings is 1. The Morgan fingerprint density at radius 3 is 3.09 bits per heavy atom. The third-order valence-corrected chi connectivity index (χ3v) is 6.03. The zero-order valence-corrected chi connectivity index (χ0v) is 13.7. The van der Waals surface area contributed by atoms with Crippen molar-refractivity contribution in [3.63, 3.8) is 0 Å². The average molecular weight is 314 g/mol. The molecule has 116 valence electrons. The van der Waals surface area contributed by atoms with Crippen molar-refractivity contribution in [1.29, 1.82) is 0 Å². The van der Waals surface area contributed by atoms with Gasteiger partial charge in [-0.05, 0) is 36.3 Å². The molecule has 1 unspecified atom stereocenters. The molecule has 3 nitrogen and oxygen atoms in total. The molecule has 2 aromatic rings. The molecule has 3 atom stereocenters. The van der Waals surface area contributed by atoms with Crippen molar-refractivity contribution in [2.45, 2.75) is 51.3 Å². The molecule has 0 bridgehead atoms. The largest absolute Gasteiger partial charge is 0.391 e. The summed E-state index contributed by atoms with van der Waals surface area (Å²) >= 11 is 1.85.